The van der Waals surface area contributed by atoms with Gasteiger partial charge in [0.05, 0.1) is 18.5 Å². The second-order valence-electron chi connectivity index (χ2n) is 4.23. The minimum absolute atomic E-state index is 0.493. The highest BCUT2D eigenvalue weighted by Crippen LogP contribution is 2.29. The van der Waals surface area contributed by atoms with Crippen LogP contribution in [0, 0.1) is 6.92 Å². The quantitative estimate of drug-likeness (QED) is 0.907. The summed E-state index contributed by atoms with van der Waals surface area (Å²) in [6.07, 6.45) is 1.48. The molecule has 0 amide bonds. The zero-order valence-electron chi connectivity index (χ0n) is 11.3. The second kappa shape index (κ2) is 5.75. The Morgan fingerprint density at radius 3 is 2.84 bits per heavy atom. The summed E-state index contributed by atoms with van der Waals surface area (Å²) < 4.78 is 5.23. The van der Waals surface area contributed by atoms with E-state index in [2.05, 4.69) is 15.2 Å². The first-order valence-electron chi connectivity index (χ1n) is 6.17. The topological polar surface area (TPSA) is 68.1 Å². The molecule has 0 fully saturated rings. The van der Waals surface area contributed by atoms with Crippen LogP contribution in [0.1, 0.15) is 35.7 Å². The van der Waals surface area contributed by atoms with Crippen LogP contribution in [-0.2, 0) is 6.42 Å². The number of rotatable bonds is 4. The minimum Gasteiger partial charge on any atom is -0.495 e. The molecule has 2 aromatic rings. The number of aliphatic hydroxyl groups is 1. The number of ether oxygens (including phenoxy) is 1. The van der Waals surface area contributed by atoms with E-state index in [0.29, 0.717) is 17.9 Å². The average molecular weight is 259 g/mol. The van der Waals surface area contributed by atoms with Gasteiger partial charge in [-0.25, -0.2) is 0 Å². The highest BCUT2D eigenvalue weighted by Gasteiger charge is 2.20. The Bertz CT molecular complexity index is 572. The lowest BCUT2D eigenvalue weighted by molar-refractivity contribution is 0.207. The molecule has 5 heteroatoms. The number of pyridine rings is 1. The smallest absolute Gasteiger partial charge is 0.143 e. The van der Waals surface area contributed by atoms with Gasteiger partial charge < -0.3 is 9.84 Å². The van der Waals surface area contributed by atoms with Crippen LogP contribution in [0.2, 0.25) is 0 Å². The van der Waals surface area contributed by atoms with Crippen LogP contribution in [-0.4, -0.2) is 27.4 Å². The number of hydrogen-bond acceptors (Lipinski definition) is 5. The first-order chi connectivity index (χ1) is 9.17. The van der Waals surface area contributed by atoms with E-state index in [1.807, 2.05) is 19.9 Å². The average Bonchev–Trinajstić information content (AvgIpc) is 2.46. The molecule has 0 saturated heterocycles. The number of aliphatic hydroxyl groups excluding tert-OH is 1. The molecule has 0 bridgehead atoms. The van der Waals surface area contributed by atoms with Crippen molar-refractivity contribution in [1.29, 1.82) is 0 Å². The normalized spacial score (nSPS) is 12.2. The molecule has 0 radical (unpaired) electrons. The van der Waals surface area contributed by atoms with Gasteiger partial charge in [0.1, 0.15) is 17.5 Å². The van der Waals surface area contributed by atoms with E-state index in [9.17, 15) is 5.11 Å². The van der Waals surface area contributed by atoms with Gasteiger partial charge in [0.25, 0.3) is 0 Å². The van der Waals surface area contributed by atoms with Crippen molar-refractivity contribution in [3.05, 3.63) is 47.0 Å². The Morgan fingerprint density at radius 2 is 2.16 bits per heavy atom. The molecule has 1 unspecified atom stereocenters. The van der Waals surface area contributed by atoms with Gasteiger partial charge in [-0.1, -0.05) is 6.92 Å². The van der Waals surface area contributed by atoms with Crippen molar-refractivity contribution in [2.75, 3.05) is 7.11 Å². The number of aryl methyl sites for hydroxylation is 2. The third kappa shape index (κ3) is 2.71. The van der Waals surface area contributed by atoms with E-state index < -0.39 is 6.10 Å². The maximum absolute atomic E-state index is 10.5. The monoisotopic (exact) mass is 259 g/mol. The zero-order chi connectivity index (χ0) is 13.8. The number of nitrogens with zero attached hydrogens (tertiary/aromatic N) is 3. The fourth-order valence-corrected chi connectivity index (χ4v) is 1.97. The fraction of sp³-hybridized carbons (Fsp3) is 0.357. The first-order valence-corrected chi connectivity index (χ1v) is 6.17. The van der Waals surface area contributed by atoms with Crippen LogP contribution >= 0.6 is 0 Å². The molecule has 1 N–H and O–H groups in total. The predicted molar refractivity (Wildman–Crippen MR) is 71.0 cm³/mol. The standard InChI is InChI=1S/C14H17N3O2/c1-4-11-10(8-9(2)16-17-11)14(18)13-12(19-3)6-5-7-15-13/h5-8,14,18H,4H2,1-3H3. The van der Waals surface area contributed by atoms with Crippen LogP contribution in [0.3, 0.4) is 0 Å². The summed E-state index contributed by atoms with van der Waals surface area (Å²) in [6, 6.07) is 5.38. The van der Waals surface area contributed by atoms with E-state index in [0.717, 1.165) is 17.0 Å². The highest BCUT2D eigenvalue weighted by molar-refractivity contribution is 5.37. The van der Waals surface area contributed by atoms with Crippen molar-refractivity contribution >= 4 is 0 Å². The molecule has 0 aliphatic carbocycles. The Hall–Kier alpha value is -2.01. The molecular weight excluding hydrogens is 242 g/mol. The van der Waals surface area contributed by atoms with Gasteiger partial charge in [0.15, 0.2) is 0 Å². The maximum Gasteiger partial charge on any atom is 0.143 e. The SMILES string of the molecule is CCc1nnc(C)cc1C(O)c1ncccc1OC. The van der Waals surface area contributed by atoms with Gasteiger partial charge in [0.2, 0.25) is 0 Å². The van der Waals surface area contributed by atoms with Crippen molar-refractivity contribution in [2.24, 2.45) is 0 Å². The second-order valence-corrected chi connectivity index (χ2v) is 4.23. The third-order valence-electron chi connectivity index (χ3n) is 2.93. The van der Waals surface area contributed by atoms with Gasteiger partial charge in [-0.05, 0) is 31.5 Å². The van der Waals surface area contributed by atoms with Gasteiger partial charge >= 0.3 is 0 Å². The Kier molecular flexibility index (Phi) is 4.06. The van der Waals surface area contributed by atoms with Crippen molar-refractivity contribution in [2.45, 2.75) is 26.4 Å². The van der Waals surface area contributed by atoms with Gasteiger partial charge in [0, 0.05) is 11.8 Å². The minimum atomic E-state index is -0.861. The van der Waals surface area contributed by atoms with Crippen molar-refractivity contribution in [1.82, 2.24) is 15.2 Å². The number of aromatic nitrogens is 3. The van der Waals surface area contributed by atoms with Crippen LogP contribution in [0.5, 0.6) is 5.75 Å². The van der Waals surface area contributed by atoms with Crippen LogP contribution < -0.4 is 4.74 Å². The lowest BCUT2D eigenvalue weighted by Gasteiger charge is -2.16. The van der Waals surface area contributed by atoms with Crippen LogP contribution in [0.25, 0.3) is 0 Å². The van der Waals surface area contributed by atoms with Gasteiger partial charge in [-0.2, -0.15) is 10.2 Å². The van der Waals surface area contributed by atoms with E-state index in [-0.39, 0.29) is 0 Å². The van der Waals surface area contributed by atoms with Gasteiger partial charge in [-0.3, -0.25) is 4.98 Å². The van der Waals surface area contributed by atoms with E-state index in [4.69, 9.17) is 4.74 Å². The Morgan fingerprint density at radius 1 is 1.37 bits per heavy atom. The number of methoxy groups -OCH3 is 1. The van der Waals surface area contributed by atoms with Crippen molar-refractivity contribution in [3.63, 3.8) is 0 Å². The van der Waals surface area contributed by atoms with E-state index in [1.54, 1.807) is 25.4 Å². The largest absolute Gasteiger partial charge is 0.495 e. The zero-order valence-corrected chi connectivity index (χ0v) is 11.3. The predicted octanol–water partition coefficient (Wildman–Crippen LogP) is 1.83. The van der Waals surface area contributed by atoms with E-state index in [1.165, 1.54) is 0 Å². The summed E-state index contributed by atoms with van der Waals surface area (Å²) in [7, 11) is 1.56. The molecule has 19 heavy (non-hydrogen) atoms. The number of hydrogen-bond donors (Lipinski definition) is 1. The molecule has 0 aliphatic rings. The molecule has 0 aliphatic heterocycles. The fourth-order valence-electron chi connectivity index (χ4n) is 1.97. The van der Waals surface area contributed by atoms with Crippen molar-refractivity contribution in [3.8, 4) is 5.75 Å². The van der Waals surface area contributed by atoms with Crippen molar-refractivity contribution < 1.29 is 9.84 Å². The first kappa shape index (κ1) is 13.4. The molecule has 100 valence electrons. The Balaban J connectivity index is 2.49. The molecule has 2 aromatic heterocycles. The summed E-state index contributed by atoms with van der Waals surface area (Å²) in [4.78, 5) is 4.21. The lowest BCUT2D eigenvalue weighted by atomic mass is 10.0. The molecule has 1 atom stereocenters. The van der Waals surface area contributed by atoms with E-state index >= 15 is 0 Å². The maximum atomic E-state index is 10.5. The lowest BCUT2D eigenvalue weighted by Crippen LogP contribution is -2.10. The Labute approximate surface area is 112 Å². The molecule has 5 nitrogen and oxygen atoms in total. The molecule has 0 spiro atoms. The third-order valence-corrected chi connectivity index (χ3v) is 2.93. The summed E-state index contributed by atoms with van der Waals surface area (Å²) >= 11 is 0. The summed E-state index contributed by atoms with van der Waals surface area (Å²) in [5, 5.41) is 18.7. The van der Waals surface area contributed by atoms with Crippen LogP contribution in [0.4, 0.5) is 0 Å². The van der Waals surface area contributed by atoms with Gasteiger partial charge in [-0.15, -0.1) is 0 Å². The summed E-state index contributed by atoms with van der Waals surface area (Å²) in [5.41, 5.74) is 2.76. The van der Waals surface area contributed by atoms with Crippen LogP contribution in [0.15, 0.2) is 24.4 Å². The molecule has 0 aromatic carbocycles. The molecule has 2 rings (SSSR count). The molecular formula is C14H17N3O2. The molecule has 2 heterocycles. The highest BCUT2D eigenvalue weighted by atomic mass is 16.5. The molecule has 0 saturated carbocycles. The summed E-state index contributed by atoms with van der Waals surface area (Å²) in [5.74, 6) is 0.562. The summed E-state index contributed by atoms with van der Waals surface area (Å²) in [6.45, 7) is 3.82.